The summed E-state index contributed by atoms with van der Waals surface area (Å²) in [5.74, 6) is 1.71. The maximum Gasteiger partial charge on any atom is 0.354 e. The van der Waals surface area contributed by atoms with E-state index in [1.807, 2.05) is 33.8 Å². The van der Waals surface area contributed by atoms with Gasteiger partial charge in [0.1, 0.15) is 25.0 Å². The van der Waals surface area contributed by atoms with Gasteiger partial charge < -0.3 is 22.8 Å². The van der Waals surface area contributed by atoms with Gasteiger partial charge in [-0.1, -0.05) is 6.04 Å². The predicted molar refractivity (Wildman–Crippen MR) is 139 cm³/mol. The molecule has 31 heavy (non-hydrogen) atoms. The Morgan fingerprint density at radius 2 is 1.45 bits per heavy atom. The SMILES string of the molecule is CCO[Si](OCC)[Si](CCc1cc(OC)cc(C)c1OC)([Si]([Si])([Si])[Si])[Si]([Si])([Si])OCC. The molecule has 164 valence electrons. The van der Waals surface area contributed by atoms with Crippen LogP contribution in [0.25, 0.3) is 0 Å². The number of ether oxygens (including phenoxy) is 2. The minimum absolute atomic E-state index is 0.592. The number of aryl methyl sites for hydroxylation is 2. The third-order valence-corrected chi connectivity index (χ3v) is 83.5. The first kappa shape index (κ1) is 29.7. The second-order valence-corrected chi connectivity index (χ2v) is 55.9. The summed E-state index contributed by atoms with van der Waals surface area (Å²) in [5.41, 5.74) is 2.15. The minimum atomic E-state index is -2.58. The van der Waals surface area contributed by atoms with Gasteiger partial charge in [-0.05, 0) is 57.4 Å². The molecule has 0 aromatic heterocycles. The van der Waals surface area contributed by atoms with Crippen molar-refractivity contribution in [3.8, 4) is 11.5 Å². The van der Waals surface area contributed by atoms with Crippen molar-refractivity contribution in [1.29, 1.82) is 0 Å². The van der Waals surface area contributed by atoms with Crippen LogP contribution < -0.4 is 9.47 Å². The Bertz CT molecular complexity index is 695. The van der Waals surface area contributed by atoms with E-state index in [-0.39, 0.29) is 0 Å². The Morgan fingerprint density at radius 1 is 0.871 bits per heavy atom. The molecule has 1 unspecified atom stereocenters. The van der Waals surface area contributed by atoms with Crippen LogP contribution in [0.5, 0.6) is 11.5 Å². The summed E-state index contributed by atoms with van der Waals surface area (Å²) < 4.78 is 30.3. The van der Waals surface area contributed by atoms with Crippen LogP contribution in [0.1, 0.15) is 31.9 Å². The zero-order chi connectivity index (χ0) is 23.9. The zero-order valence-electron chi connectivity index (χ0n) is 19.2. The highest BCUT2D eigenvalue weighted by atomic mass is 30.4. The summed E-state index contributed by atoms with van der Waals surface area (Å²) in [4.78, 5) is 0. The van der Waals surface area contributed by atoms with Gasteiger partial charge in [0.15, 0.2) is 0 Å². The van der Waals surface area contributed by atoms with E-state index in [0.717, 1.165) is 35.1 Å². The second-order valence-electron chi connectivity index (χ2n) is 7.06. The molecule has 5 nitrogen and oxygen atoms in total. The first-order valence-corrected chi connectivity index (χ1v) is 28.1. The standard InChI is InChI=1S/C17H30O5Si9/c1-7-20-28(21-8-2)29(31(25,26)27,30(23,24)22-9-3)11-10-15-13-16(18-5)12-14(4)17(15)19-6/h12-13H,7-11H2,1-6H3. The quantitative estimate of drug-likeness (QED) is 0.308. The highest BCUT2D eigenvalue weighted by molar-refractivity contribution is 8.11. The molecular weight excluding hydrogens is 537 g/mol. The van der Waals surface area contributed by atoms with E-state index in [1.165, 1.54) is 0 Å². The lowest BCUT2D eigenvalue weighted by Crippen LogP contribution is -2.89. The molecular formula is C17H30O5Si9. The fraction of sp³-hybridized carbons (Fsp3) is 0.647. The topological polar surface area (TPSA) is 46.2 Å². The molecule has 0 saturated carbocycles. The van der Waals surface area contributed by atoms with E-state index in [9.17, 15) is 0 Å². The van der Waals surface area contributed by atoms with Gasteiger partial charge >= 0.3 is 8.80 Å². The van der Waals surface area contributed by atoms with E-state index in [0.29, 0.717) is 19.8 Å². The van der Waals surface area contributed by atoms with Crippen molar-refractivity contribution in [2.45, 2.75) is 40.2 Å². The first-order chi connectivity index (χ1) is 14.4. The molecule has 0 aliphatic heterocycles. The van der Waals surface area contributed by atoms with Crippen LogP contribution in [0.4, 0.5) is 0 Å². The van der Waals surface area contributed by atoms with Gasteiger partial charge in [0, 0.05) is 74.8 Å². The molecule has 0 amide bonds. The van der Waals surface area contributed by atoms with E-state index < -0.39 is 28.4 Å². The lowest BCUT2D eigenvalue weighted by atomic mass is 10.1. The van der Waals surface area contributed by atoms with Crippen LogP contribution >= 0.6 is 0 Å². The van der Waals surface area contributed by atoms with Gasteiger partial charge in [-0.25, -0.2) is 0 Å². The summed E-state index contributed by atoms with van der Waals surface area (Å²) in [6.07, 6.45) is -1.56. The van der Waals surface area contributed by atoms with Crippen molar-refractivity contribution in [2.75, 3.05) is 34.0 Å². The van der Waals surface area contributed by atoms with Gasteiger partial charge in [0.25, 0.3) is 0 Å². The smallest absolute Gasteiger partial charge is 0.354 e. The summed E-state index contributed by atoms with van der Waals surface area (Å²) in [6.45, 7) is 4.78. The fourth-order valence-corrected chi connectivity index (χ4v) is 97.8. The lowest BCUT2D eigenvalue weighted by molar-refractivity contribution is 0.229. The molecule has 1 atom stereocenters. The molecule has 14 heteroatoms. The van der Waals surface area contributed by atoms with Gasteiger partial charge in [-0.2, -0.15) is 0 Å². The van der Waals surface area contributed by atoms with Crippen LogP contribution in [0, 0.1) is 6.92 Å². The highest BCUT2D eigenvalue weighted by Crippen LogP contribution is 2.35. The number of methoxy groups -OCH3 is 2. The summed E-state index contributed by atoms with van der Waals surface area (Å²) in [7, 11) is 22.2. The highest BCUT2D eigenvalue weighted by Gasteiger charge is 2.65. The van der Waals surface area contributed by atoms with Crippen molar-refractivity contribution in [3.63, 3.8) is 0 Å². The van der Waals surface area contributed by atoms with Gasteiger partial charge in [-0.15, -0.1) is 0 Å². The van der Waals surface area contributed by atoms with Crippen molar-refractivity contribution in [2.24, 2.45) is 0 Å². The Balaban J connectivity index is 3.63. The second kappa shape index (κ2) is 12.9. The van der Waals surface area contributed by atoms with Crippen LogP contribution in [0.2, 0.25) is 6.04 Å². The molecule has 0 aliphatic rings. The van der Waals surface area contributed by atoms with E-state index in [1.54, 1.807) is 14.2 Å². The normalized spacial score (nSPS) is 14.6. The Labute approximate surface area is 208 Å². The first-order valence-electron chi connectivity index (χ1n) is 10.2. The fourth-order valence-electron chi connectivity index (χ4n) is 3.65. The summed E-state index contributed by atoms with van der Waals surface area (Å²) >= 11 is 0. The van der Waals surface area contributed by atoms with Crippen LogP contribution in [0.3, 0.4) is 0 Å². The molecule has 0 N–H and O–H groups in total. The summed E-state index contributed by atoms with van der Waals surface area (Å²) in [6, 6.07) is 4.92. The van der Waals surface area contributed by atoms with Crippen molar-refractivity contribution in [1.82, 2.24) is 0 Å². The lowest BCUT2D eigenvalue weighted by Gasteiger charge is -2.52. The molecule has 16 radical (unpaired) electrons. The van der Waals surface area contributed by atoms with Crippen molar-refractivity contribution < 1.29 is 22.8 Å². The van der Waals surface area contributed by atoms with Crippen LogP contribution in [-0.4, -0.2) is 111 Å². The summed E-state index contributed by atoms with van der Waals surface area (Å²) in [5, 5.41) is 0. The number of rotatable bonds is 14. The third kappa shape index (κ3) is 6.84. The number of benzene rings is 1. The zero-order valence-corrected chi connectivity index (χ0v) is 28.2. The molecule has 0 heterocycles. The monoisotopic (exact) mass is 566 g/mol. The largest absolute Gasteiger partial charge is 0.497 e. The molecule has 1 aromatic rings. The number of hydrogen-bond acceptors (Lipinski definition) is 5. The van der Waals surface area contributed by atoms with E-state index in [2.05, 4.69) is 54.9 Å². The van der Waals surface area contributed by atoms with Crippen LogP contribution in [0.15, 0.2) is 12.1 Å². The number of hydrogen-bond donors (Lipinski definition) is 0. The maximum absolute atomic E-state index is 6.39. The molecule has 0 bridgehead atoms. The average Bonchev–Trinajstić information content (AvgIpc) is 2.67. The Kier molecular flexibility index (Phi) is 12.4. The van der Waals surface area contributed by atoms with E-state index in [4.69, 9.17) is 22.8 Å². The third-order valence-electron chi connectivity index (χ3n) is 5.04. The van der Waals surface area contributed by atoms with Gasteiger partial charge in [0.05, 0.1) is 14.2 Å². The van der Waals surface area contributed by atoms with Gasteiger partial charge in [-0.3, -0.25) is 0 Å². The molecule has 0 spiro atoms. The van der Waals surface area contributed by atoms with Crippen molar-refractivity contribution in [3.05, 3.63) is 23.3 Å². The molecule has 0 aliphatic carbocycles. The van der Waals surface area contributed by atoms with Gasteiger partial charge in [0.2, 0.25) is 0 Å². The van der Waals surface area contributed by atoms with Crippen LogP contribution in [-0.2, 0) is 19.7 Å². The predicted octanol–water partition coefficient (Wildman–Crippen LogP) is 0.557. The molecule has 0 saturated heterocycles. The van der Waals surface area contributed by atoms with E-state index >= 15 is 0 Å². The minimum Gasteiger partial charge on any atom is -0.497 e. The Morgan fingerprint density at radius 3 is 1.87 bits per heavy atom. The Hall–Kier alpha value is 0.652. The van der Waals surface area contributed by atoms with Crippen molar-refractivity contribution >= 4 is 77.2 Å². The molecule has 0 fully saturated rings. The maximum atomic E-state index is 6.39. The molecule has 1 aromatic carbocycles. The molecule has 1 rings (SSSR count). The average molecular weight is 567 g/mol.